The van der Waals surface area contributed by atoms with Gasteiger partial charge in [0.2, 0.25) is 17.8 Å². The number of ketones is 1. The predicted molar refractivity (Wildman–Crippen MR) is 202 cm³/mol. The van der Waals surface area contributed by atoms with Crippen LogP contribution in [0.2, 0.25) is 5.02 Å². The van der Waals surface area contributed by atoms with Crippen molar-refractivity contribution in [1.82, 2.24) is 5.16 Å². The normalized spacial score (nSPS) is 11.7. The summed E-state index contributed by atoms with van der Waals surface area (Å²) in [4.78, 5) is 40.1. The number of carbonyl (C=O) groups excluding carboxylic acids is 3. The first-order chi connectivity index (χ1) is 24.4. The van der Waals surface area contributed by atoms with E-state index in [4.69, 9.17) is 20.9 Å². The molecule has 1 heterocycles. The lowest BCUT2D eigenvalue weighted by Gasteiger charge is -2.18. The third-order valence-corrected chi connectivity index (χ3v) is 9.21. The number of halogens is 1. The lowest BCUT2D eigenvalue weighted by Crippen LogP contribution is -2.40. The first-order valence-corrected chi connectivity index (χ1v) is 18.8. The maximum atomic E-state index is 13.7. The number of aryl methyl sites for hydroxylation is 1. The van der Waals surface area contributed by atoms with E-state index in [-0.39, 0.29) is 22.3 Å². The quantitative estimate of drug-likeness (QED) is 0.0452. The highest BCUT2D eigenvalue weighted by atomic mass is 35.5. The first-order valence-electron chi connectivity index (χ1n) is 18.4. The smallest absolute Gasteiger partial charge is 0.273 e. The van der Waals surface area contributed by atoms with E-state index in [1.54, 1.807) is 54.6 Å². The molecule has 4 rings (SSSR count). The van der Waals surface area contributed by atoms with E-state index < -0.39 is 17.8 Å². The molecule has 0 saturated heterocycles. The third kappa shape index (κ3) is 12.6. The van der Waals surface area contributed by atoms with Crippen LogP contribution < -0.4 is 15.4 Å². The number of amides is 2. The Bertz CT molecular complexity index is 1650. The fourth-order valence-electron chi connectivity index (χ4n) is 5.94. The van der Waals surface area contributed by atoms with Gasteiger partial charge in [-0.15, -0.1) is 0 Å². The van der Waals surface area contributed by atoms with Crippen molar-refractivity contribution in [2.75, 3.05) is 10.6 Å². The summed E-state index contributed by atoms with van der Waals surface area (Å²) in [6, 6.07) is 18.8. The van der Waals surface area contributed by atoms with Gasteiger partial charge in [0, 0.05) is 12.1 Å². The number of para-hydroxylation sites is 1. The number of nitrogens with one attached hydrogen (secondary N) is 2. The average Bonchev–Trinajstić information content (AvgIpc) is 3.55. The zero-order valence-corrected chi connectivity index (χ0v) is 30.4. The van der Waals surface area contributed by atoms with Crippen molar-refractivity contribution in [3.63, 3.8) is 0 Å². The molecule has 0 aliphatic carbocycles. The highest BCUT2D eigenvalue weighted by Crippen LogP contribution is 2.28. The summed E-state index contributed by atoms with van der Waals surface area (Å²) >= 11 is 6.44. The lowest BCUT2D eigenvalue weighted by molar-refractivity contribution is -0.121. The summed E-state index contributed by atoms with van der Waals surface area (Å²) in [5.74, 6) is -1.18. The summed E-state index contributed by atoms with van der Waals surface area (Å²) in [6.45, 7) is 4.19. The number of nitrogens with zero attached hydrogens (tertiary/aromatic N) is 1. The number of anilines is 2. The maximum absolute atomic E-state index is 13.7. The largest absolute Gasteiger partial charge is 0.472 e. The van der Waals surface area contributed by atoms with Crippen LogP contribution >= 0.6 is 11.6 Å². The molecule has 1 atom stereocenters. The van der Waals surface area contributed by atoms with Crippen molar-refractivity contribution in [2.45, 2.75) is 123 Å². The van der Waals surface area contributed by atoms with Crippen molar-refractivity contribution in [3.8, 4) is 5.75 Å². The van der Waals surface area contributed by atoms with Crippen molar-refractivity contribution in [2.24, 2.45) is 0 Å². The number of Topliss-reactive ketones (excluding diaryl/α,β-unsaturated/α-hetero) is 1. The first kappa shape index (κ1) is 38.6. The van der Waals surface area contributed by atoms with E-state index in [1.807, 2.05) is 19.1 Å². The third-order valence-electron chi connectivity index (χ3n) is 8.88. The van der Waals surface area contributed by atoms with E-state index in [2.05, 4.69) is 22.7 Å². The molecule has 0 aliphatic rings. The molecule has 0 saturated carbocycles. The monoisotopic (exact) mass is 701 g/mol. The predicted octanol–water partition coefficient (Wildman–Crippen LogP) is 11.3. The van der Waals surface area contributed by atoms with Crippen LogP contribution in [0.4, 0.5) is 11.4 Å². The minimum atomic E-state index is -1.59. The zero-order chi connectivity index (χ0) is 35.6. The minimum Gasteiger partial charge on any atom is -0.472 e. The Hall–Kier alpha value is -4.17. The lowest BCUT2D eigenvalue weighted by atomic mass is 10.0. The van der Waals surface area contributed by atoms with Gasteiger partial charge in [-0.1, -0.05) is 143 Å². The molecule has 2 amide bonds. The van der Waals surface area contributed by atoms with Crippen molar-refractivity contribution >= 4 is 51.5 Å². The number of ether oxygens (including phenoxy) is 1. The van der Waals surface area contributed by atoms with E-state index >= 15 is 0 Å². The fourth-order valence-corrected chi connectivity index (χ4v) is 6.11. The van der Waals surface area contributed by atoms with Gasteiger partial charge in [-0.25, -0.2) is 0 Å². The van der Waals surface area contributed by atoms with E-state index in [1.165, 1.54) is 77.0 Å². The molecule has 0 fully saturated rings. The molecule has 1 unspecified atom stereocenters. The fraction of sp³-hybridized carbons (Fsp3) is 0.463. The molecule has 1 aromatic heterocycles. The molecule has 0 aliphatic heterocycles. The molecule has 8 nitrogen and oxygen atoms in total. The molecular weight excluding hydrogens is 650 g/mol. The van der Waals surface area contributed by atoms with Crippen LogP contribution in [0.15, 0.2) is 71.3 Å². The summed E-state index contributed by atoms with van der Waals surface area (Å²) in [5, 5.41) is 10.3. The van der Waals surface area contributed by atoms with Gasteiger partial charge in [0.25, 0.3) is 5.91 Å². The van der Waals surface area contributed by atoms with E-state index in [0.717, 1.165) is 24.8 Å². The minimum absolute atomic E-state index is 0.0150. The second-order valence-corrected chi connectivity index (χ2v) is 13.5. The van der Waals surface area contributed by atoms with Crippen LogP contribution in [0, 0.1) is 6.92 Å². The van der Waals surface area contributed by atoms with Gasteiger partial charge in [0.1, 0.15) is 5.75 Å². The number of hydrogen-bond donors (Lipinski definition) is 2. The Morgan fingerprint density at radius 3 is 2.00 bits per heavy atom. The van der Waals surface area contributed by atoms with Gasteiger partial charge in [0.15, 0.2) is 11.3 Å². The SMILES string of the molecule is CCCCCCCCCCCCCCCCCC(=O)Nc1ccc(Cl)c(NC(=O)C(Oc2ccc(C)cc2)C(=O)c2noc3ccccc23)c1. The van der Waals surface area contributed by atoms with Crippen LogP contribution in [0.3, 0.4) is 0 Å². The van der Waals surface area contributed by atoms with Gasteiger partial charge < -0.3 is 19.9 Å². The molecule has 9 heteroatoms. The second-order valence-electron chi connectivity index (χ2n) is 13.1. The molecule has 0 radical (unpaired) electrons. The average molecular weight is 702 g/mol. The Morgan fingerprint density at radius 2 is 1.36 bits per heavy atom. The highest BCUT2D eigenvalue weighted by molar-refractivity contribution is 6.34. The van der Waals surface area contributed by atoms with E-state index in [9.17, 15) is 14.4 Å². The summed E-state index contributed by atoms with van der Waals surface area (Å²) in [7, 11) is 0. The van der Waals surface area contributed by atoms with Gasteiger partial charge in [-0.3, -0.25) is 14.4 Å². The van der Waals surface area contributed by atoms with Crippen molar-refractivity contribution in [1.29, 1.82) is 0 Å². The topological polar surface area (TPSA) is 111 Å². The van der Waals surface area contributed by atoms with Crippen molar-refractivity contribution in [3.05, 3.63) is 83.0 Å². The van der Waals surface area contributed by atoms with Gasteiger partial charge >= 0.3 is 0 Å². The number of benzene rings is 3. The standard InChI is InChI=1S/C41H52ClN3O5/c1-3-4-5-6-7-8-9-10-11-12-13-14-15-16-17-22-37(46)43-31-25-28-34(42)35(29-31)44-41(48)40(49-32-26-23-30(2)24-27-32)39(47)38-33-20-18-19-21-36(33)50-45-38/h18-21,23-29,40H,3-17,22H2,1-2H3,(H,43,46)(H,44,48). The number of hydrogen-bond acceptors (Lipinski definition) is 6. The van der Waals surface area contributed by atoms with Gasteiger partial charge in [-0.2, -0.15) is 0 Å². The number of fused-ring (bicyclic) bond motifs is 1. The molecule has 3 aromatic carbocycles. The van der Waals surface area contributed by atoms with Crippen LogP contribution in [0.1, 0.15) is 126 Å². The van der Waals surface area contributed by atoms with Gasteiger partial charge in [-0.05, 0) is 55.8 Å². The highest BCUT2D eigenvalue weighted by Gasteiger charge is 2.34. The summed E-state index contributed by atoms with van der Waals surface area (Å²) in [5.41, 5.74) is 2.12. The Balaban J connectivity index is 1.23. The molecule has 2 N–H and O–H groups in total. The van der Waals surface area contributed by atoms with E-state index in [0.29, 0.717) is 28.8 Å². The summed E-state index contributed by atoms with van der Waals surface area (Å²) in [6.07, 6.45) is 17.9. The molecule has 50 heavy (non-hydrogen) atoms. The maximum Gasteiger partial charge on any atom is 0.273 e. The molecule has 0 spiro atoms. The Morgan fingerprint density at radius 1 is 0.760 bits per heavy atom. The molecule has 268 valence electrons. The zero-order valence-electron chi connectivity index (χ0n) is 29.6. The number of unbranched alkanes of at least 4 members (excludes halogenated alkanes) is 14. The van der Waals surface area contributed by atoms with Gasteiger partial charge in [0.05, 0.1) is 16.1 Å². The number of aromatic nitrogens is 1. The number of rotatable bonds is 23. The summed E-state index contributed by atoms with van der Waals surface area (Å²) < 4.78 is 11.3. The molecule has 4 aromatic rings. The van der Waals surface area contributed by atoms with Crippen LogP contribution in [-0.2, 0) is 9.59 Å². The molecule has 0 bridgehead atoms. The second kappa shape index (κ2) is 21.1. The van der Waals surface area contributed by atoms with Crippen LogP contribution in [-0.4, -0.2) is 28.9 Å². The van der Waals surface area contributed by atoms with Crippen molar-refractivity contribution < 1.29 is 23.6 Å². The number of carbonyl (C=O) groups is 3. The molecular formula is C41H52ClN3O5. The Labute approximate surface area is 301 Å². The van der Waals surface area contributed by atoms with Crippen LogP contribution in [0.5, 0.6) is 5.75 Å². The Kier molecular flexibility index (Phi) is 16.3. The van der Waals surface area contributed by atoms with Crippen LogP contribution in [0.25, 0.3) is 11.0 Å².